The molecule has 2 aromatic carbocycles. The summed E-state index contributed by atoms with van der Waals surface area (Å²) in [7, 11) is 0. The summed E-state index contributed by atoms with van der Waals surface area (Å²) in [5, 5.41) is 3.33. The molecule has 0 aromatic heterocycles. The molecule has 1 heterocycles. The molecule has 0 atom stereocenters. The van der Waals surface area contributed by atoms with Gasteiger partial charge in [-0.3, -0.25) is 9.59 Å². The van der Waals surface area contributed by atoms with Gasteiger partial charge in [-0.05, 0) is 65.1 Å². The van der Waals surface area contributed by atoms with E-state index in [1.807, 2.05) is 56.0 Å². The third-order valence-corrected chi connectivity index (χ3v) is 5.87. The van der Waals surface area contributed by atoms with Crippen LogP contribution in [0.3, 0.4) is 0 Å². The Morgan fingerprint density at radius 2 is 1.62 bits per heavy atom. The number of nitrogens with one attached hydrogen (secondary N) is 1. The van der Waals surface area contributed by atoms with Gasteiger partial charge < -0.3 is 15.1 Å². The van der Waals surface area contributed by atoms with Crippen molar-refractivity contribution in [2.45, 2.75) is 20.8 Å². The smallest absolute Gasteiger partial charge is 0.257 e. The lowest BCUT2D eigenvalue weighted by Gasteiger charge is -2.38. The van der Waals surface area contributed by atoms with Gasteiger partial charge in [0.25, 0.3) is 5.91 Å². The second kappa shape index (κ2) is 8.92. The van der Waals surface area contributed by atoms with Crippen molar-refractivity contribution in [1.29, 1.82) is 0 Å². The van der Waals surface area contributed by atoms with Crippen LogP contribution in [0.25, 0.3) is 0 Å². The van der Waals surface area contributed by atoms with E-state index in [-0.39, 0.29) is 17.2 Å². The maximum Gasteiger partial charge on any atom is 0.257 e. The number of benzene rings is 2. The SMILES string of the molecule is CC(C)(C)C(=O)N1CCN(c2ccc(NC(=O)c3cc(I)ccc3Cl)cc2)CC1. The van der Waals surface area contributed by atoms with Crippen LogP contribution in [0.15, 0.2) is 42.5 Å². The molecule has 1 saturated heterocycles. The van der Waals surface area contributed by atoms with Crippen molar-refractivity contribution < 1.29 is 9.59 Å². The largest absolute Gasteiger partial charge is 0.368 e. The monoisotopic (exact) mass is 525 g/mol. The van der Waals surface area contributed by atoms with E-state index in [0.717, 1.165) is 41.1 Å². The van der Waals surface area contributed by atoms with E-state index in [4.69, 9.17) is 11.6 Å². The summed E-state index contributed by atoms with van der Waals surface area (Å²) >= 11 is 8.30. The quantitative estimate of drug-likeness (QED) is 0.581. The number of rotatable bonds is 3. The van der Waals surface area contributed by atoms with Crippen molar-refractivity contribution in [3.05, 3.63) is 56.6 Å². The van der Waals surface area contributed by atoms with E-state index >= 15 is 0 Å². The molecule has 5 nitrogen and oxygen atoms in total. The lowest BCUT2D eigenvalue weighted by Crippen LogP contribution is -2.51. The third kappa shape index (κ3) is 5.42. The standard InChI is InChI=1S/C22H25ClIN3O2/c1-22(2,3)21(29)27-12-10-26(11-13-27)17-7-5-16(6-8-17)25-20(28)18-14-15(24)4-9-19(18)23/h4-9,14H,10-13H2,1-3H3,(H,25,28). The molecule has 0 saturated carbocycles. The van der Waals surface area contributed by atoms with Crippen molar-refractivity contribution >= 4 is 57.4 Å². The van der Waals surface area contributed by atoms with Crippen LogP contribution in [0.4, 0.5) is 11.4 Å². The highest BCUT2D eigenvalue weighted by atomic mass is 127. The number of hydrogen-bond donors (Lipinski definition) is 1. The summed E-state index contributed by atoms with van der Waals surface area (Å²) in [4.78, 5) is 29.1. The zero-order valence-electron chi connectivity index (χ0n) is 16.8. The number of halogens is 2. The summed E-state index contributed by atoms with van der Waals surface area (Å²) in [5.74, 6) is -0.0278. The Hall–Kier alpha value is -1.80. The van der Waals surface area contributed by atoms with Crippen LogP contribution in [0.5, 0.6) is 0 Å². The highest BCUT2D eigenvalue weighted by Gasteiger charge is 2.29. The van der Waals surface area contributed by atoms with Crippen LogP contribution >= 0.6 is 34.2 Å². The molecule has 1 N–H and O–H groups in total. The molecule has 3 rings (SSSR count). The topological polar surface area (TPSA) is 52.7 Å². The summed E-state index contributed by atoms with van der Waals surface area (Å²) in [6, 6.07) is 13.1. The molecule has 29 heavy (non-hydrogen) atoms. The average molecular weight is 526 g/mol. The Bertz CT molecular complexity index is 901. The Labute approximate surface area is 190 Å². The molecule has 154 valence electrons. The molecule has 7 heteroatoms. The maximum atomic E-state index is 12.5. The maximum absolute atomic E-state index is 12.5. The number of amides is 2. The fraction of sp³-hybridized carbons (Fsp3) is 0.364. The number of piperazine rings is 1. The third-order valence-electron chi connectivity index (χ3n) is 4.87. The van der Waals surface area contributed by atoms with E-state index in [2.05, 4.69) is 32.8 Å². The van der Waals surface area contributed by atoms with Crippen LogP contribution in [0, 0.1) is 8.99 Å². The second-order valence-corrected chi connectivity index (χ2v) is 9.81. The Morgan fingerprint density at radius 1 is 1.00 bits per heavy atom. The number of carbonyl (C=O) groups excluding carboxylic acids is 2. The first-order valence-corrected chi connectivity index (χ1v) is 11.0. The number of anilines is 2. The zero-order chi connectivity index (χ0) is 21.2. The van der Waals surface area contributed by atoms with Gasteiger partial charge in [-0.25, -0.2) is 0 Å². The van der Waals surface area contributed by atoms with Crippen molar-refractivity contribution in [2.24, 2.45) is 5.41 Å². The molecule has 0 spiro atoms. The molecule has 1 fully saturated rings. The predicted octanol–water partition coefficient (Wildman–Crippen LogP) is 4.89. The fourth-order valence-electron chi connectivity index (χ4n) is 3.27. The van der Waals surface area contributed by atoms with Gasteiger partial charge in [-0.2, -0.15) is 0 Å². The summed E-state index contributed by atoms with van der Waals surface area (Å²) in [6.45, 7) is 8.91. The summed E-state index contributed by atoms with van der Waals surface area (Å²) in [6.07, 6.45) is 0. The average Bonchev–Trinajstić information content (AvgIpc) is 2.69. The van der Waals surface area contributed by atoms with E-state index in [1.54, 1.807) is 12.1 Å². The van der Waals surface area contributed by atoms with Crippen LogP contribution in [0.1, 0.15) is 31.1 Å². The highest BCUT2D eigenvalue weighted by Crippen LogP contribution is 2.24. The molecule has 1 aliphatic heterocycles. The lowest BCUT2D eigenvalue weighted by molar-refractivity contribution is -0.139. The number of hydrogen-bond acceptors (Lipinski definition) is 3. The van der Waals surface area contributed by atoms with E-state index < -0.39 is 0 Å². The Morgan fingerprint density at radius 3 is 2.21 bits per heavy atom. The van der Waals surface area contributed by atoms with Gasteiger partial charge in [0.05, 0.1) is 10.6 Å². The minimum absolute atomic E-state index is 0.199. The van der Waals surface area contributed by atoms with Gasteiger partial charge in [0, 0.05) is 46.5 Å². The molecular weight excluding hydrogens is 501 g/mol. The summed E-state index contributed by atoms with van der Waals surface area (Å²) < 4.78 is 0.955. The van der Waals surface area contributed by atoms with Crippen LogP contribution in [0.2, 0.25) is 5.02 Å². The summed E-state index contributed by atoms with van der Waals surface area (Å²) in [5.41, 5.74) is 1.91. The van der Waals surface area contributed by atoms with Gasteiger partial charge in [0.1, 0.15) is 0 Å². The molecule has 0 unspecified atom stereocenters. The first-order chi connectivity index (χ1) is 13.6. The van der Waals surface area contributed by atoms with Crippen LogP contribution in [-0.4, -0.2) is 42.9 Å². The van der Waals surface area contributed by atoms with Gasteiger partial charge in [0.15, 0.2) is 0 Å². The number of nitrogens with zero attached hydrogens (tertiary/aromatic N) is 2. The predicted molar refractivity (Wildman–Crippen MR) is 127 cm³/mol. The Balaban J connectivity index is 1.60. The van der Waals surface area contributed by atoms with Crippen molar-refractivity contribution in [3.63, 3.8) is 0 Å². The van der Waals surface area contributed by atoms with Gasteiger partial charge in [0.2, 0.25) is 5.91 Å². The second-order valence-electron chi connectivity index (χ2n) is 8.15. The zero-order valence-corrected chi connectivity index (χ0v) is 19.8. The highest BCUT2D eigenvalue weighted by molar-refractivity contribution is 14.1. The molecule has 1 aliphatic rings. The minimum atomic E-state index is -0.345. The van der Waals surface area contributed by atoms with Gasteiger partial charge >= 0.3 is 0 Å². The first kappa shape index (κ1) is 21.9. The van der Waals surface area contributed by atoms with Crippen molar-refractivity contribution in [2.75, 3.05) is 36.4 Å². The fourth-order valence-corrected chi connectivity index (χ4v) is 3.96. The van der Waals surface area contributed by atoms with Gasteiger partial charge in [-0.1, -0.05) is 32.4 Å². The van der Waals surface area contributed by atoms with Crippen LogP contribution < -0.4 is 10.2 Å². The van der Waals surface area contributed by atoms with Crippen molar-refractivity contribution in [3.8, 4) is 0 Å². The molecule has 0 radical (unpaired) electrons. The number of carbonyl (C=O) groups is 2. The van der Waals surface area contributed by atoms with Crippen LogP contribution in [-0.2, 0) is 4.79 Å². The lowest BCUT2D eigenvalue weighted by atomic mass is 9.94. The molecule has 0 aliphatic carbocycles. The van der Waals surface area contributed by atoms with Gasteiger partial charge in [-0.15, -0.1) is 0 Å². The van der Waals surface area contributed by atoms with Crippen molar-refractivity contribution in [1.82, 2.24) is 4.90 Å². The molecule has 2 aromatic rings. The van der Waals surface area contributed by atoms with E-state index in [9.17, 15) is 9.59 Å². The molecule has 0 bridgehead atoms. The molecular formula is C22H25ClIN3O2. The first-order valence-electron chi connectivity index (χ1n) is 9.56. The Kier molecular flexibility index (Phi) is 6.73. The normalized spacial score (nSPS) is 14.7. The molecule has 2 amide bonds. The minimum Gasteiger partial charge on any atom is -0.368 e. The van der Waals surface area contributed by atoms with E-state index in [0.29, 0.717) is 10.6 Å². The van der Waals surface area contributed by atoms with E-state index in [1.165, 1.54) is 0 Å².